The number of rotatable bonds is 9. The van der Waals surface area contributed by atoms with Gasteiger partial charge in [-0.15, -0.1) is 11.8 Å². The van der Waals surface area contributed by atoms with Crippen LogP contribution in [0, 0.1) is 0 Å². The van der Waals surface area contributed by atoms with Gasteiger partial charge < -0.3 is 0 Å². The average Bonchev–Trinajstić information content (AvgIpc) is 2.39. The number of benzene rings is 1. The number of nitrogens with two attached hydrogens (primary N) is 1. The molecule has 0 amide bonds. The number of nitrogens with one attached hydrogen (secondary N) is 1. The van der Waals surface area contributed by atoms with Gasteiger partial charge in [0, 0.05) is 16.7 Å². The first-order chi connectivity index (χ1) is 8.36. The molecule has 1 unspecified atom stereocenters. The minimum absolute atomic E-state index is 0.428. The Morgan fingerprint density at radius 2 is 1.94 bits per heavy atom. The third-order valence-corrected chi connectivity index (χ3v) is 4.01. The van der Waals surface area contributed by atoms with Crippen molar-refractivity contribution in [1.29, 1.82) is 0 Å². The van der Waals surface area contributed by atoms with Gasteiger partial charge in [-0.3, -0.25) is 11.3 Å². The van der Waals surface area contributed by atoms with Gasteiger partial charge in [0.05, 0.1) is 0 Å². The van der Waals surface area contributed by atoms with Crippen molar-refractivity contribution >= 4 is 11.8 Å². The molecule has 0 radical (unpaired) electrons. The van der Waals surface area contributed by atoms with E-state index in [4.69, 9.17) is 5.84 Å². The molecule has 0 aliphatic carbocycles. The molecule has 17 heavy (non-hydrogen) atoms. The minimum atomic E-state index is 0.428. The number of hydrogen-bond acceptors (Lipinski definition) is 3. The van der Waals surface area contributed by atoms with Crippen LogP contribution in [0.25, 0.3) is 0 Å². The van der Waals surface area contributed by atoms with Gasteiger partial charge in [0.2, 0.25) is 0 Å². The Labute approximate surface area is 109 Å². The molecule has 3 heteroatoms. The first kappa shape index (κ1) is 14.6. The summed E-state index contributed by atoms with van der Waals surface area (Å²) in [5.41, 5.74) is 2.93. The van der Waals surface area contributed by atoms with Crippen molar-refractivity contribution in [2.45, 2.75) is 50.0 Å². The highest BCUT2D eigenvalue weighted by Crippen LogP contribution is 2.19. The van der Waals surface area contributed by atoms with Crippen LogP contribution in [0.1, 0.15) is 39.0 Å². The first-order valence-corrected chi connectivity index (χ1v) is 7.49. The van der Waals surface area contributed by atoms with Gasteiger partial charge in [-0.1, -0.05) is 50.8 Å². The van der Waals surface area contributed by atoms with Crippen molar-refractivity contribution in [2.75, 3.05) is 5.75 Å². The van der Waals surface area contributed by atoms with E-state index in [-0.39, 0.29) is 0 Å². The monoisotopic (exact) mass is 252 g/mol. The molecule has 1 aromatic rings. The van der Waals surface area contributed by atoms with Gasteiger partial charge in [-0.05, 0) is 18.6 Å². The van der Waals surface area contributed by atoms with Gasteiger partial charge in [-0.2, -0.15) is 0 Å². The zero-order chi connectivity index (χ0) is 12.3. The zero-order valence-electron chi connectivity index (χ0n) is 10.7. The maximum Gasteiger partial charge on any atom is 0.0304 e. The Morgan fingerprint density at radius 3 is 2.59 bits per heavy atom. The molecule has 0 aliphatic heterocycles. The van der Waals surface area contributed by atoms with Crippen molar-refractivity contribution in [3.63, 3.8) is 0 Å². The van der Waals surface area contributed by atoms with Crippen molar-refractivity contribution in [1.82, 2.24) is 5.43 Å². The van der Waals surface area contributed by atoms with Gasteiger partial charge in [0.1, 0.15) is 0 Å². The predicted octanol–water partition coefficient (Wildman–Crippen LogP) is 3.58. The van der Waals surface area contributed by atoms with Gasteiger partial charge >= 0.3 is 0 Å². The summed E-state index contributed by atoms with van der Waals surface area (Å²) >= 11 is 1.87. The summed E-state index contributed by atoms with van der Waals surface area (Å²) in [5, 5.41) is 0. The molecule has 0 spiro atoms. The van der Waals surface area contributed by atoms with E-state index in [1.807, 2.05) is 17.8 Å². The van der Waals surface area contributed by atoms with Crippen LogP contribution < -0.4 is 11.3 Å². The topological polar surface area (TPSA) is 38.0 Å². The standard InChI is InChI=1S/C14H24N2S/c1-2-3-4-6-9-13(16-15)12-17-14-10-7-5-8-11-14/h5,7-8,10-11,13,16H,2-4,6,9,12,15H2,1H3. The van der Waals surface area contributed by atoms with Crippen LogP contribution in [-0.2, 0) is 0 Å². The summed E-state index contributed by atoms with van der Waals surface area (Å²) in [5.74, 6) is 6.64. The van der Waals surface area contributed by atoms with Gasteiger partial charge in [0.15, 0.2) is 0 Å². The van der Waals surface area contributed by atoms with E-state index in [1.54, 1.807) is 0 Å². The molecule has 1 aromatic carbocycles. The molecule has 0 fully saturated rings. The van der Waals surface area contributed by atoms with E-state index in [2.05, 4.69) is 36.6 Å². The van der Waals surface area contributed by atoms with E-state index < -0.39 is 0 Å². The Balaban J connectivity index is 2.18. The predicted molar refractivity (Wildman–Crippen MR) is 77.0 cm³/mol. The number of hydrogen-bond donors (Lipinski definition) is 2. The van der Waals surface area contributed by atoms with E-state index in [9.17, 15) is 0 Å². The second kappa shape index (κ2) is 9.51. The summed E-state index contributed by atoms with van der Waals surface area (Å²) in [6.45, 7) is 2.24. The average molecular weight is 252 g/mol. The minimum Gasteiger partial charge on any atom is -0.271 e. The normalized spacial score (nSPS) is 12.6. The molecule has 0 saturated heterocycles. The summed E-state index contributed by atoms with van der Waals surface area (Å²) < 4.78 is 0. The summed E-state index contributed by atoms with van der Waals surface area (Å²) in [6.07, 6.45) is 6.40. The molecule has 2 nitrogen and oxygen atoms in total. The lowest BCUT2D eigenvalue weighted by atomic mass is 10.1. The van der Waals surface area contributed by atoms with Crippen LogP contribution in [-0.4, -0.2) is 11.8 Å². The smallest absolute Gasteiger partial charge is 0.0304 e. The molecule has 0 saturated carbocycles. The Hall–Kier alpha value is -0.510. The molecule has 0 heterocycles. The molecule has 3 N–H and O–H groups in total. The Kier molecular flexibility index (Phi) is 8.14. The molecule has 1 atom stereocenters. The van der Waals surface area contributed by atoms with Gasteiger partial charge in [0.25, 0.3) is 0 Å². The second-order valence-corrected chi connectivity index (χ2v) is 5.43. The zero-order valence-corrected chi connectivity index (χ0v) is 11.5. The van der Waals surface area contributed by atoms with Crippen LogP contribution in [0.2, 0.25) is 0 Å². The summed E-state index contributed by atoms with van der Waals surface area (Å²) in [7, 11) is 0. The van der Waals surface area contributed by atoms with Crippen LogP contribution in [0.5, 0.6) is 0 Å². The van der Waals surface area contributed by atoms with Crippen molar-refractivity contribution in [2.24, 2.45) is 5.84 Å². The summed E-state index contributed by atoms with van der Waals surface area (Å²) in [4.78, 5) is 1.32. The van der Waals surface area contributed by atoms with Crippen LogP contribution in [0.15, 0.2) is 35.2 Å². The largest absolute Gasteiger partial charge is 0.271 e. The molecule has 1 rings (SSSR count). The van der Waals surface area contributed by atoms with Crippen LogP contribution in [0.4, 0.5) is 0 Å². The van der Waals surface area contributed by atoms with Crippen molar-refractivity contribution in [3.8, 4) is 0 Å². The number of thioether (sulfide) groups is 1. The number of hydrazine groups is 1. The SMILES string of the molecule is CCCCCCC(CSc1ccccc1)NN. The Bertz CT molecular complexity index is 277. The third kappa shape index (κ3) is 6.71. The molecular formula is C14H24N2S. The van der Waals surface area contributed by atoms with Crippen molar-refractivity contribution < 1.29 is 0 Å². The highest BCUT2D eigenvalue weighted by atomic mass is 32.2. The van der Waals surface area contributed by atoms with Crippen LogP contribution >= 0.6 is 11.8 Å². The molecule has 0 aromatic heterocycles. The quantitative estimate of drug-likeness (QED) is 0.305. The fourth-order valence-corrected chi connectivity index (χ4v) is 2.75. The Morgan fingerprint density at radius 1 is 1.18 bits per heavy atom. The fraction of sp³-hybridized carbons (Fsp3) is 0.571. The number of unbranched alkanes of at least 4 members (excludes halogenated alkanes) is 3. The molecule has 0 aliphatic rings. The van der Waals surface area contributed by atoms with E-state index in [0.29, 0.717) is 6.04 Å². The highest BCUT2D eigenvalue weighted by molar-refractivity contribution is 7.99. The summed E-state index contributed by atoms with van der Waals surface area (Å²) in [6, 6.07) is 10.9. The lowest BCUT2D eigenvalue weighted by Gasteiger charge is -2.15. The van der Waals surface area contributed by atoms with Crippen LogP contribution in [0.3, 0.4) is 0 Å². The first-order valence-electron chi connectivity index (χ1n) is 6.50. The lowest BCUT2D eigenvalue weighted by molar-refractivity contribution is 0.501. The maximum atomic E-state index is 5.59. The lowest BCUT2D eigenvalue weighted by Crippen LogP contribution is -2.36. The highest BCUT2D eigenvalue weighted by Gasteiger charge is 2.06. The molecule has 0 bridgehead atoms. The molecular weight excluding hydrogens is 228 g/mol. The fourth-order valence-electron chi connectivity index (χ4n) is 1.75. The van der Waals surface area contributed by atoms with Crippen molar-refractivity contribution in [3.05, 3.63) is 30.3 Å². The second-order valence-electron chi connectivity index (χ2n) is 4.34. The maximum absolute atomic E-state index is 5.59. The third-order valence-electron chi connectivity index (χ3n) is 2.84. The van der Waals surface area contributed by atoms with E-state index in [0.717, 1.165) is 5.75 Å². The van der Waals surface area contributed by atoms with E-state index in [1.165, 1.54) is 37.0 Å². The van der Waals surface area contributed by atoms with E-state index >= 15 is 0 Å². The van der Waals surface area contributed by atoms with Gasteiger partial charge in [-0.25, -0.2) is 0 Å². The molecule has 96 valence electrons.